The summed E-state index contributed by atoms with van der Waals surface area (Å²) in [5.41, 5.74) is 3.47. The highest BCUT2D eigenvalue weighted by Gasteiger charge is 2.23. The van der Waals surface area contributed by atoms with E-state index in [1.807, 2.05) is 42.5 Å². The Balaban J connectivity index is 2.23. The van der Waals surface area contributed by atoms with Gasteiger partial charge in [-0.3, -0.25) is 0 Å². The summed E-state index contributed by atoms with van der Waals surface area (Å²) in [6.07, 6.45) is 0. The minimum absolute atomic E-state index is 0.193. The Morgan fingerprint density at radius 3 is 1.39 bits per heavy atom. The first-order valence-corrected chi connectivity index (χ1v) is 10.9. The Morgan fingerprint density at radius 2 is 0.879 bits per heavy atom. The van der Waals surface area contributed by atoms with E-state index < -0.39 is 0 Å². The van der Waals surface area contributed by atoms with Crippen LogP contribution in [0.2, 0.25) is 0 Å². The third-order valence-corrected chi connectivity index (χ3v) is 7.11. The largest absolute Gasteiger partial charge is 0.113 e. The average Bonchev–Trinajstić information content (AvgIpc) is 2.82. The number of rotatable bonds is 1. The van der Waals surface area contributed by atoms with Gasteiger partial charge in [-0.15, -0.1) is 21.9 Å². The highest BCUT2D eigenvalue weighted by atomic mass is 79.9. The smallest absolute Gasteiger partial charge is 0.110 e. The highest BCUT2D eigenvalue weighted by molar-refractivity contribution is 9.10. The zero-order valence-corrected chi connectivity index (χ0v) is 19.1. The Bertz CT molecular complexity index is 1570. The van der Waals surface area contributed by atoms with E-state index in [1.165, 1.54) is 0 Å². The molecule has 0 saturated heterocycles. The predicted molar refractivity (Wildman–Crippen MR) is 155 cm³/mol. The van der Waals surface area contributed by atoms with Crippen LogP contribution in [0.3, 0.4) is 0 Å². The van der Waals surface area contributed by atoms with Crippen molar-refractivity contribution in [2.45, 2.75) is 0 Å². The van der Waals surface area contributed by atoms with Crippen molar-refractivity contribution >= 4 is 155 Å². The van der Waals surface area contributed by atoms with Gasteiger partial charge in [0.15, 0.2) is 0 Å². The van der Waals surface area contributed by atoms with Crippen LogP contribution in [0.25, 0.3) is 43.4 Å². The molecule has 0 aromatic heterocycles. The molecule has 0 saturated carbocycles. The molecule has 134 valence electrons. The summed E-state index contributed by atoms with van der Waals surface area (Å²) in [7, 11) is 51.1. The maximum absolute atomic E-state index is 6.58. The predicted octanol–water partition coefficient (Wildman–Crippen LogP) is -2.07. The third-order valence-electron chi connectivity index (χ3n) is 6.32. The second-order valence-corrected chi connectivity index (χ2v) is 8.82. The number of hydrogen-bond donors (Lipinski definition) is 0. The van der Waals surface area contributed by atoms with Gasteiger partial charge in [0, 0.05) is 4.47 Å². The minimum atomic E-state index is 0.193. The zero-order valence-electron chi connectivity index (χ0n) is 17.5. The van der Waals surface area contributed by atoms with Crippen LogP contribution in [0.4, 0.5) is 0 Å². The molecule has 0 amide bonds. The fraction of sp³-hybridized carbons (Fsp3) is 0. The molecule has 0 aliphatic carbocycles. The first kappa shape index (κ1) is 22.7. The second-order valence-electron chi connectivity index (χ2n) is 8.03. The SMILES string of the molecule is [B]c1c([B])c([B])c2c(-c3cccc4ccccc34)c3c([B])c([B])c([B])c([B])c3c(Br)c2c1[B]. The number of hydrogen-bond acceptors (Lipinski definition) is 0. The maximum Gasteiger partial charge on any atom is 0.113 e. The lowest BCUT2D eigenvalue weighted by Crippen LogP contribution is -2.49. The van der Waals surface area contributed by atoms with Crippen LogP contribution < -0.4 is 43.7 Å². The van der Waals surface area contributed by atoms with E-state index in [-0.39, 0.29) is 43.7 Å². The van der Waals surface area contributed by atoms with E-state index >= 15 is 0 Å². The molecule has 5 rings (SSSR count). The van der Waals surface area contributed by atoms with E-state index in [0.29, 0.717) is 31.6 Å². The van der Waals surface area contributed by atoms with Crippen molar-refractivity contribution in [3.63, 3.8) is 0 Å². The lowest BCUT2D eigenvalue weighted by atomic mass is 9.60. The molecule has 0 bridgehead atoms. The van der Waals surface area contributed by atoms with Crippen LogP contribution in [-0.2, 0) is 0 Å². The van der Waals surface area contributed by atoms with Crippen LogP contribution in [0.5, 0.6) is 0 Å². The van der Waals surface area contributed by atoms with Crippen molar-refractivity contribution in [3.05, 3.63) is 46.9 Å². The number of fused-ring (bicyclic) bond motifs is 3. The molecular weight excluding hydrogens is 455 g/mol. The van der Waals surface area contributed by atoms with Crippen LogP contribution in [0.1, 0.15) is 0 Å². The molecule has 0 nitrogen and oxygen atoms in total. The summed E-state index contributed by atoms with van der Waals surface area (Å²) in [5, 5.41) is 4.36. The molecule has 0 N–H and O–H groups in total. The van der Waals surface area contributed by atoms with Crippen LogP contribution >= 0.6 is 15.9 Å². The fourth-order valence-electron chi connectivity index (χ4n) is 4.60. The molecule has 0 unspecified atom stereocenters. The van der Waals surface area contributed by atoms with Gasteiger partial charge in [-0.1, -0.05) is 64.3 Å². The van der Waals surface area contributed by atoms with Crippen molar-refractivity contribution in [2.24, 2.45) is 0 Å². The van der Waals surface area contributed by atoms with E-state index in [9.17, 15) is 0 Å². The molecule has 0 fully saturated rings. The van der Waals surface area contributed by atoms with Gasteiger partial charge in [0.05, 0.1) is 0 Å². The van der Waals surface area contributed by atoms with Gasteiger partial charge in [0.2, 0.25) is 0 Å². The quantitative estimate of drug-likeness (QED) is 0.199. The van der Waals surface area contributed by atoms with Gasteiger partial charge >= 0.3 is 0 Å². The van der Waals surface area contributed by atoms with E-state index in [2.05, 4.69) is 15.9 Å². The van der Waals surface area contributed by atoms with Crippen molar-refractivity contribution < 1.29 is 0 Å². The number of halogens is 1. The van der Waals surface area contributed by atoms with Crippen molar-refractivity contribution in [2.75, 3.05) is 0 Å². The molecular formula is C24H7B8Br. The average molecular weight is 462 g/mol. The van der Waals surface area contributed by atoms with Gasteiger partial charge < -0.3 is 0 Å². The maximum atomic E-state index is 6.58. The van der Waals surface area contributed by atoms with Crippen molar-refractivity contribution in [1.82, 2.24) is 0 Å². The molecule has 0 spiro atoms. The molecule has 9 heteroatoms. The van der Waals surface area contributed by atoms with Gasteiger partial charge in [-0.2, -0.15) is 0 Å². The van der Waals surface area contributed by atoms with Crippen LogP contribution in [0, 0.1) is 0 Å². The van der Waals surface area contributed by atoms with Crippen LogP contribution in [-0.4, -0.2) is 62.8 Å². The highest BCUT2D eigenvalue weighted by Crippen LogP contribution is 2.40. The van der Waals surface area contributed by atoms with Gasteiger partial charge in [0.1, 0.15) is 62.8 Å². The lowest BCUT2D eigenvalue weighted by molar-refractivity contribution is 1.73. The summed E-state index contributed by atoms with van der Waals surface area (Å²) in [6, 6.07) is 13.9. The summed E-state index contributed by atoms with van der Waals surface area (Å²) >= 11 is 3.66. The molecule has 16 radical (unpaired) electrons. The van der Waals surface area contributed by atoms with Gasteiger partial charge in [0.25, 0.3) is 0 Å². The summed E-state index contributed by atoms with van der Waals surface area (Å²) < 4.78 is 0.559. The molecule has 5 aromatic carbocycles. The molecule has 5 aromatic rings. The van der Waals surface area contributed by atoms with E-state index in [0.717, 1.165) is 16.3 Å². The minimum Gasteiger partial charge on any atom is -0.110 e. The van der Waals surface area contributed by atoms with Crippen LogP contribution in [0.15, 0.2) is 46.9 Å². The first-order chi connectivity index (χ1) is 15.7. The molecule has 0 heterocycles. The summed E-state index contributed by atoms with van der Waals surface area (Å²) in [5.74, 6) is 0. The van der Waals surface area contributed by atoms with Crippen molar-refractivity contribution in [1.29, 1.82) is 0 Å². The first-order valence-electron chi connectivity index (χ1n) is 10.1. The fourth-order valence-corrected chi connectivity index (χ4v) is 5.42. The Hall–Kier alpha value is -2.12. The molecule has 33 heavy (non-hydrogen) atoms. The van der Waals surface area contributed by atoms with Gasteiger partial charge in [-0.25, -0.2) is 0 Å². The van der Waals surface area contributed by atoms with Crippen molar-refractivity contribution in [3.8, 4) is 11.1 Å². The standard InChI is InChI=1S/C24H7B8Br/c25-16-12-11(10-7-3-5-8-4-1-2-6-9(8)10)13-15(19(28)23(32)21(30)17(13)26)24(33)14(12)18(27)22(31)20(16)29/h1-7H. The Labute approximate surface area is 212 Å². The summed E-state index contributed by atoms with van der Waals surface area (Å²) in [4.78, 5) is 0. The Morgan fingerprint density at radius 1 is 0.455 bits per heavy atom. The topological polar surface area (TPSA) is 0 Å². The third kappa shape index (κ3) is 3.08. The Kier molecular flexibility index (Phi) is 5.48. The van der Waals surface area contributed by atoms with E-state index in [4.69, 9.17) is 62.8 Å². The van der Waals surface area contributed by atoms with E-state index in [1.54, 1.807) is 0 Å². The lowest BCUT2D eigenvalue weighted by Gasteiger charge is -2.27. The second kappa shape index (κ2) is 7.98. The van der Waals surface area contributed by atoms with Gasteiger partial charge in [-0.05, 0) is 59.4 Å². The summed E-state index contributed by atoms with van der Waals surface area (Å²) in [6.45, 7) is 0. The zero-order chi connectivity index (χ0) is 23.8. The molecule has 0 aliphatic rings. The molecule has 0 atom stereocenters. The monoisotopic (exact) mass is 462 g/mol. The molecule has 0 aliphatic heterocycles. The normalized spacial score (nSPS) is 11.5. The number of benzene rings is 5.